The molecule has 1 saturated carbocycles. The molecular weight excluding hydrogens is 250 g/mol. The Morgan fingerprint density at radius 3 is 2.89 bits per heavy atom. The molecule has 2 rings (SSSR count). The summed E-state index contributed by atoms with van der Waals surface area (Å²) in [6.07, 6.45) is 4.43. The van der Waals surface area contributed by atoms with Gasteiger partial charge in [-0.1, -0.05) is 6.92 Å². The van der Waals surface area contributed by atoms with Crippen LogP contribution in [0.4, 0.5) is 0 Å². The molecule has 1 aromatic rings. The molecule has 6 heteroatoms. The highest BCUT2D eigenvalue weighted by Gasteiger charge is 2.27. The number of sulfonamides is 1. The number of nitrogens with zero attached hydrogens (tertiary/aromatic N) is 1. The highest BCUT2D eigenvalue weighted by Crippen LogP contribution is 2.26. The van der Waals surface area contributed by atoms with Crippen molar-refractivity contribution in [1.29, 1.82) is 0 Å². The second-order valence-electron chi connectivity index (χ2n) is 4.89. The molecule has 0 aromatic carbocycles. The molecule has 1 aliphatic carbocycles. The Balaban J connectivity index is 2.20. The number of hydrogen-bond donors (Lipinski definition) is 2. The second kappa shape index (κ2) is 5.34. The third-order valence-corrected chi connectivity index (χ3v) is 4.94. The van der Waals surface area contributed by atoms with Crippen molar-refractivity contribution >= 4 is 10.0 Å². The lowest BCUT2D eigenvalue weighted by Gasteiger charge is -2.14. The number of rotatable bonds is 4. The zero-order chi connectivity index (χ0) is 13.2. The Hall–Kier alpha value is -0.980. The van der Waals surface area contributed by atoms with E-state index >= 15 is 0 Å². The van der Waals surface area contributed by atoms with Crippen molar-refractivity contribution in [3.05, 3.63) is 24.0 Å². The summed E-state index contributed by atoms with van der Waals surface area (Å²) in [5.41, 5.74) is 5.94. The summed E-state index contributed by atoms with van der Waals surface area (Å²) in [4.78, 5) is 4.21. The average Bonchev–Trinajstić information content (AvgIpc) is 2.74. The lowest BCUT2D eigenvalue weighted by Crippen LogP contribution is -2.33. The normalized spacial score (nSPS) is 24.3. The van der Waals surface area contributed by atoms with Crippen molar-refractivity contribution in [2.45, 2.75) is 43.7 Å². The molecule has 3 N–H and O–H groups in total. The van der Waals surface area contributed by atoms with Gasteiger partial charge in [-0.3, -0.25) is 4.98 Å². The fraction of sp³-hybridized carbons (Fsp3) is 0.583. The van der Waals surface area contributed by atoms with E-state index < -0.39 is 10.0 Å². The minimum atomic E-state index is -3.50. The molecule has 0 aliphatic heterocycles. The first-order valence-corrected chi connectivity index (χ1v) is 7.67. The summed E-state index contributed by atoms with van der Waals surface area (Å²) in [6, 6.07) is 3.21. The summed E-state index contributed by atoms with van der Waals surface area (Å²) >= 11 is 0. The Morgan fingerprint density at radius 1 is 1.50 bits per heavy atom. The zero-order valence-corrected chi connectivity index (χ0v) is 11.3. The molecule has 2 atom stereocenters. The van der Waals surface area contributed by atoms with Gasteiger partial charge in [0.1, 0.15) is 4.90 Å². The van der Waals surface area contributed by atoms with E-state index in [4.69, 9.17) is 5.73 Å². The van der Waals surface area contributed by atoms with Crippen molar-refractivity contribution in [1.82, 2.24) is 9.71 Å². The molecular formula is C12H19N3O2S. The van der Waals surface area contributed by atoms with Crippen LogP contribution < -0.4 is 10.5 Å². The number of pyridine rings is 1. The van der Waals surface area contributed by atoms with E-state index in [0.29, 0.717) is 11.6 Å². The summed E-state index contributed by atoms with van der Waals surface area (Å²) in [5.74, 6) is 0.584. The topological polar surface area (TPSA) is 85.1 Å². The van der Waals surface area contributed by atoms with Gasteiger partial charge in [0.2, 0.25) is 10.0 Å². The molecule has 0 spiro atoms. The lowest BCUT2D eigenvalue weighted by molar-refractivity contribution is 0.537. The van der Waals surface area contributed by atoms with E-state index in [0.717, 1.165) is 19.3 Å². The minimum absolute atomic E-state index is 0.0378. The smallest absolute Gasteiger partial charge is 0.242 e. The highest BCUT2D eigenvalue weighted by atomic mass is 32.2. The van der Waals surface area contributed by atoms with Gasteiger partial charge in [0, 0.05) is 18.8 Å². The van der Waals surface area contributed by atoms with Gasteiger partial charge in [0.05, 0.1) is 5.69 Å². The van der Waals surface area contributed by atoms with Crippen molar-refractivity contribution in [2.24, 2.45) is 11.7 Å². The molecule has 100 valence electrons. The molecule has 1 aromatic heterocycles. The predicted octanol–water partition coefficient (Wildman–Crippen LogP) is 1.01. The summed E-state index contributed by atoms with van der Waals surface area (Å²) in [6.45, 7) is 2.27. The quantitative estimate of drug-likeness (QED) is 0.854. The van der Waals surface area contributed by atoms with E-state index in [1.165, 1.54) is 0 Å². The third kappa shape index (κ3) is 2.88. The number of nitrogens with one attached hydrogen (secondary N) is 1. The van der Waals surface area contributed by atoms with Crippen LogP contribution in [0.2, 0.25) is 0 Å². The van der Waals surface area contributed by atoms with Gasteiger partial charge in [-0.15, -0.1) is 0 Å². The standard InChI is InChI=1S/C12H19N3O2S/c1-9-4-5-10(7-9)15-18(16,17)12-3-2-6-14-11(12)8-13/h2-3,6,9-10,15H,4-5,7-8,13H2,1H3. The number of nitrogens with two attached hydrogens (primary N) is 1. The zero-order valence-electron chi connectivity index (χ0n) is 10.5. The van der Waals surface area contributed by atoms with E-state index in [1.54, 1.807) is 18.3 Å². The molecule has 1 heterocycles. The van der Waals surface area contributed by atoms with Gasteiger partial charge >= 0.3 is 0 Å². The highest BCUT2D eigenvalue weighted by molar-refractivity contribution is 7.89. The second-order valence-corrected chi connectivity index (χ2v) is 6.57. The van der Waals surface area contributed by atoms with Gasteiger partial charge in [0.25, 0.3) is 0 Å². The van der Waals surface area contributed by atoms with Crippen LogP contribution in [0.25, 0.3) is 0 Å². The fourth-order valence-electron chi connectivity index (χ4n) is 2.42. The maximum atomic E-state index is 12.3. The van der Waals surface area contributed by atoms with Crippen LogP contribution in [0.5, 0.6) is 0 Å². The van der Waals surface area contributed by atoms with Crippen molar-refractivity contribution in [2.75, 3.05) is 0 Å². The SMILES string of the molecule is CC1CCC(NS(=O)(=O)c2cccnc2CN)C1. The van der Waals surface area contributed by atoms with Gasteiger partial charge in [0.15, 0.2) is 0 Å². The molecule has 0 amide bonds. The Kier molecular flexibility index (Phi) is 3.99. The first-order valence-electron chi connectivity index (χ1n) is 6.19. The maximum absolute atomic E-state index is 12.3. The summed E-state index contributed by atoms with van der Waals surface area (Å²) in [5, 5.41) is 0. The van der Waals surface area contributed by atoms with Crippen LogP contribution in [0.15, 0.2) is 23.2 Å². The minimum Gasteiger partial charge on any atom is -0.325 e. The van der Waals surface area contributed by atoms with Crippen molar-refractivity contribution < 1.29 is 8.42 Å². The van der Waals surface area contributed by atoms with Gasteiger partial charge in [-0.25, -0.2) is 13.1 Å². The third-order valence-electron chi connectivity index (χ3n) is 3.35. The molecule has 0 radical (unpaired) electrons. The van der Waals surface area contributed by atoms with Crippen molar-refractivity contribution in [3.63, 3.8) is 0 Å². The molecule has 0 saturated heterocycles. The van der Waals surface area contributed by atoms with Gasteiger partial charge in [-0.2, -0.15) is 0 Å². The van der Waals surface area contributed by atoms with Crippen LogP contribution in [-0.4, -0.2) is 19.4 Å². The first kappa shape index (κ1) is 13.5. The predicted molar refractivity (Wildman–Crippen MR) is 69.3 cm³/mol. The van der Waals surface area contributed by atoms with E-state index in [1.807, 2.05) is 0 Å². The Morgan fingerprint density at radius 2 is 2.28 bits per heavy atom. The number of aromatic nitrogens is 1. The Labute approximate surface area is 108 Å². The Bertz CT molecular complexity index is 516. The van der Waals surface area contributed by atoms with Crippen molar-refractivity contribution in [3.8, 4) is 0 Å². The van der Waals surface area contributed by atoms with Gasteiger partial charge in [-0.05, 0) is 37.3 Å². The van der Waals surface area contributed by atoms with E-state index in [9.17, 15) is 8.42 Å². The summed E-state index contributed by atoms with van der Waals surface area (Å²) in [7, 11) is -3.50. The van der Waals surface area contributed by atoms with E-state index in [-0.39, 0.29) is 17.5 Å². The van der Waals surface area contributed by atoms with Crippen LogP contribution in [-0.2, 0) is 16.6 Å². The molecule has 1 aliphatic rings. The average molecular weight is 269 g/mol. The first-order chi connectivity index (χ1) is 8.53. The largest absolute Gasteiger partial charge is 0.325 e. The van der Waals surface area contributed by atoms with Crippen LogP contribution >= 0.6 is 0 Å². The van der Waals surface area contributed by atoms with Gasteiger partial charge < -0.3 is 5.73 Å². The summed E-state index contributed by atoms with van der Waals surface area (Å²) < 4.78 is 27.3. The van der Waals surface area contributed by atoms with Crippen LogP contribution in [0, 0.1) is 5.92 Å². The lowest BCUT2D eigenvalue weighted by atomic mass is 10.1. The monoisotopic (exact) mass is 269 g/mol. The molecule has 0 bridgehead atoms. The fourth-order valence-corrected chi connectivity index (χ4v) is 3.90. The van der Waals surface area contributed by atoms with E-state index in [2.05, 4.69) is 16.6 Å². The molecule has 18 heavy (non-hydrogen) atoms. The van der Waals surface area contributed by atoms with Crippen LogP contribution in [0.3, 0.4) is 0 Å². The number of hydrogen-bond acceptors (Lipinski definition) is 4. The molecule has 1 fully saturated rings. The maximum Gasteiger partial charge on any atom is 0.242 e. The molecule has 2 unspecified atom stereocenters. The van der Waals surface area contributed by atoms with Crippen LogP contribution in [0.1, 0.15) is 31.9 Å². The molecule has 5 nitrogen and oxygen atoms in total.